The molecule has 0 aromatic heterocycles. The van der Waals surface area contributed by atoms with Gasteiger partial charge in [-0.2, -0.15) is 0 Å². The topological polar surface area (TPSA) is 125 Å². The number of imide groups is 1. The molecule has 34 heavy (non-hydrogen) atoms. The molecule has 0 heterocycles. The molecule has 0 saturated carbocycles. The van der Waals surface area contributed by atoms with Gasteiger partial charge >= 0.3 is 6.09 Å². The lowest BCUT2D eigenvalue weighted by Crippen LogP contribution is -2.33. The van der Waals surface area contributed by atoms with Crippen molar-refractivity contribution in [1.29, 1.82) is 0 Å². The summed E-state index contributed by atoms with van der Waals surface area (Å²) >= 11 is 0. The first kappa shape index (κ1) is 24.5. The highest BCUT2D eigenvalue weighted by molar-refractivity contribution is 6.03. The second-order valence-corrected chi connectivity index (χ2v) is 7.80. The number of fused-ring (bicyclic) bond motifs is 1. The molecule has 8 heteroatoms. The van der Waals surface area contributed by atoms with Gasteiger partial charge in [0.05, 0.1) is 0 Å². The Morgan fingerprint density at radius 1 is 0.971 bits per heavy atom. The fourth-order valence-electron chi connectivity index (χ4n) is 3.68. The van der Waals surface area contributed by atoms with Gasteiger partial charge in [-0.05, 0) is 42.3 Å². The normalized spacial score (nSPS) is 12.8. The third kappa shape index (κ3) is 6.20. The zero-order valence-corrected chi connectivity index (χ0v) is 18.6. The number of phenolic OH excluding ortho intramolecular Hbond substituents is 1. The quantitative estimate of drug-likeness (QED) is 0.220. The molecular weight excluding hydrogens is 436 g/mol. The van der Waals surface area contributed by atoms with Gasteiger partial charge in [-0.1, -0.05) is 61.5 Å². The van der Waals surface area contributed by atoms with Crippen LogP contribution in [-0.2, 0) is 9.53 Å². The first-order valence-corrected chi connectivity index (χ1v) is 10.8. The molecule has 0 fully saturated rings. The lowest BCUT2D eigenvalue weighted by molar-refractivity contribution is -0.124. The molecule has 0 spiro atoms. The minimum Gasteiger partial charge on any atom is -0.507 e. The molecular formula is C26H26N2O6. The number of ether oxygens (including phenoxy) is 1. The second kappa shape index (κ2) is 11.6. The molecule has 0 saturated heterocycles. The van der Waals surface area contributed by atoms with Crippen LogP contribution in [-0.4, -0.2) is 28.2 Å². The number of rotatable bonds is 8. The zero-order valence-electron chi connectivity index (χ0n) is 18.6. The number of hydrogen-bond acceptors (Lipinski definition) is 6. The maximum Gasteiger partial charge on any atom is 0.414 e. The van der Waals surface area contributed by atoms with Crippen LogP contribution in [0.5, 0.6) is 5.75 Å². The first-order valence-electron chi connectivity index (χ1n) is 10.8. The van der Waals surface area contributed by atoms with E-state index in [0.717, 1.165) is 5.39 Å². The number of phenols is 1. The highest BCUT2D eigenvalue weighted by Crippen LogP contribution is 2.37. The third-order valence-corrected chi connectivity index (χ3v) is 5.41. The monoisotopic (exact) mass is 462 g/mol. The predicted octanol–water partition coefficient (Wildman–Crippen LogP) is 4.63. The summed E-state index contributed by atoms with van der Waals surface area (Å²) in [7, 11) is 0. The number of benzene rings is 3. The van der Waals surface area contributed by atoms with Crippen molar-refractivity contribution in [2.75, 3.05) is 0 Å². The average molecular weight is 463 g/mol. The van der Waals surface area contributed by atoms with Gasteiger partial charge in [-0.15, -0.1) is 0 Å². The van der Waals surface area contributed by atoms with Crippen molar-refractivity contribution in [2.24, 2.45) is 5.92 Å². The van der Waals surface area contributed by atoms with Crippen LogP contribution >= 0.6 is 0 Å². The van der Waals surface area contributed by atoms with Gasteiger partial charge in [-0.3, -0.25) is 20.1 Å². The Bertz CT molecular complexity index is 1190. The van der Waals surface area contributed by atoms with Crippen LogP contribution in [0.4, 0.5) is 4.79 Å². The van der Waals surface area contributed by atoms with Gasteiger partial charge < -0.3 is 9.84 Å². The standard InChI is InChI=1S/C26H26N2O6/c1-17(9-5-8-14-23(30)28-33)24(21-15-16-22(29)20-13-7-6-12-19(20)21)34-26(32)27-25(31)18-10-3-2-4-11-18/h2-4,6-8,10-17,24,29,33H,5,9H2,1H3,(H,28,30)(H,27,31,32)/b14-8+/t17-,24-/m1/s1. The largest absolute Gasteiger partial charge is 0.507 e. The van der Waals surface area contributed by atoms with E-state index in [4.69, 9.17) is 9.94 Å². The third-order valence-electron chi connectivity index (χ3n) is 5.41. The van der Waals surface area contributed by atoms with E-state index >= 15 is 0 Å². The lowest BCUT2D eigenvalue weighted by atomic mass is 9.89. The number of carbonyl (C=O) groups is 3. The lowest BCUT2D eigenvalue weighted by Gasteiger charge is -2.26. The van der Waals surface area contributed by atoms with E-state index in [-0.39, 0.29) is 11.7 Å². The van der Waals surface area contributed by atoms with Crippen molar-refractivity contribution < 1.29 is 29.4 Å². The van der Waals surface area contributed by atoms with Crippen LogP contribution in [0.2, 0.25) is 0 Å². The molecule has 3 rings (SSSR count). The molecule has 3 aromatic rings. The maximum atomic E-state index is 12.7. The van der Waals surface area contributed by atoms with Crippen LogP contribution in [0.3, 0.4) is 0 Å². The first-order chi connectivity index (χ1) is 16.4. The van der Waals surface area contributed by atoms with Crippen molar-refractivity contribution in [1.82, 2.24) is 10.8 Å². The summed E-state index contributed by atoms with van der Waals surface area (Å²) in [5, 5.41) is 22.4. The Morgan fingerprint density at radius 2 is 1.65 bits per heavy atom. The minimum atomic E-state index is -0.891. The minimum absolute atomic E-state index is 0.104. The molecule has 176 valence electrons. The van der Waals surface area contributed by atoms with Crippen LogP contribution in [0.15, 0.2) is 78.9 Å². The average Bonchev–Trinajstić information content (AvgIpc) is 2.86. The molecule has 0 aliphatic heterocycles. The zero-order chi connectivity index (χ0) is 24.5. The molecule has 3 amide bonds. The predicted molar refractivity (Wildman–Crippen MR) is 126 cm³/mol. The summed E-state index contributed by atoms with van der Waals surface area (Å²) in [5.41, 5.74) is 2.53. The molecule has 2 atom stereocenters. The van der Waals surface area contributed by atoms with E-state index in [0.29, 0.717) is 29.4 Å². The smallest absolute Gasteiger partial charge is 0.414 e. The van der Waals surface area contributed by atoms with Gasteiger partial charge in [0.2, 0.25) is 0 Å². The number of allylic oxidation sites excluding steroid dienone is 1. The van der Waals surface area contributed by atoms with Crippen molar-refractivity contribution in [3.63, 3.8) is 0 Å². The second-order valence-electron chi connectivity index (χ2n) is 7.80. The number of amides is 3. The summed E-state index contributed by atoms with van der Waals surface area (Å²) in [5.74, 6) is -1.32. The van der Waals surface area contributed by atoms with E-state index in [1.54, 1.807) is 60.7 Å². The summed E-state index contributed by atoms with van der Waals surface area (Å²) in [4.78, 5) is 36.2. The Hall–Kier alpha value is -4.17. The van der Waals surface area contributed by atoms with Gasteiger partial charge in [0.15, 0.2) is 0 Å². The fourth-order valence-corrected chi connectivity index (χ4v) is 3.68. The Labute approximate surface area is 196 Å². The van der Waals surface area contributed by atoms with E-state index in [9.17, 15) is 19.5 Å². The SMILES string of the molecule is C[C@H](CC/C=C/C(=O)NO)[C@@H](OC(=O)NC(=O)c1ccccc1)c1ccc(O)c2ccccc12. The molecule has 8 nitrogen and oxygen atoms in total. The molecule has 0 bridgehead atoms. The van der Waals surface area contributed by atoms with E-state index in [2.05, 4.69) is 5.32 Å². The van der Waals surface area contributed by atoms with Crippen molar-refractivity contribution >= 4 is 28.7 Å². The maximum absolute atomic E-state index is 12.7. The summed E-state index contributed by atoms with van der Waals surface area (Å²) in [6.45, 7) is 1.89. The van der Waals surface area contributed by atoms with Crippen molar-refractivity contribution in [2.45, 2.75) is 25.9 Å². The van der Waals surface area contributed by atoms with Crippen molar-refractivity contribution in [3.8, 4) is 5.75 Å². The molecule has 3 aromatic carbocycles. The van der Waals surface area contributed by atoms with Crippen LogP contribution in [0, 0.1) is 5.92 Å². The Kier molecular flexibility index (Phi) is 8.37. The van der Waals surface area contributed by atoms with E-state index in [1.807, 2.05) is 19.1 Å². The molecule has 0 radical (unpaired) electrons. The Balaban J connectivity index is 1.84. The van der Waals surface area contributed by atoms with Crippen LogP contribution < -0.4 is 10.8 Å². The van der Waals surface area contributed by atoms with Crippen LogP contribution in [0.1, 0.15) is 41.8 Å². The number of aromatic hydroxyl groups is 1. The van der Waals surface area contributed by atoms with E-state index in [1.165, 1.54) is 11.6 Å². The number of nitrogens with one attached hydrogen (secondary N) is 2. The molecule has 0 aliphatic rings. The van der Waals surface area contributed by atoms with Crippen LogP contribution in [0.25, 0.3) is 10.8 Å². The van der Waals surface area contributed by atoms with Crippen molar-refractivity contribution in [3.05, 3.63) is 90.0 Å². The summed E-state index contributed by atoms with van der Waals surface area (Å²) in [6, 6.07) is 18.8. The Morgan fingerprint density at radius 3 is 2.35 bits per heavy atom. The molecule has 0 unspecified atom stereocenters. The fraction of sp³-hybridized carbons (Fsp3) is 0.192. The highest BCUT2D eigenvalue weighted by atomic mass is 16.6. The summed E-state index contributed by atoms with van der Waals surface area (Å²) in [6.07, 6.45) is 2.20. The number of carbonyl (C=O) groups excluding carboxylic acids is 3. The van der Waals surface area contributed by atoms with Gasteiger partial charge in [-0.25, -0.2) is 10.3 Å². The van der Waals surface area contributed by atoms with E-state index < -0.39 is 24.0 Å². The number of alkyl carbamates (subject to hydrolysis) is 1. The number of hydrogen-bond donors (Lipinski definition) is 4. The number of hydroxylamine groups is 1. The molecule has 4 N–H and O–H groups in total. The van der Waals surface area contributed by atoms with Gasteiger partial charge in [0, 0.05) is 22.6 Å². The highest BCUT2D eigenvalue weighted by Gasteiger charge is 2.26. The van der Waals surface area contributed by atoms with Gasteiger partial charge in [0.1, 0.15) is 11.9 Å². The summed E-state index contributed by atoms with van der Waals surface area (Å²) < 4.78 is 5.74. The molecule has 0 aliphatic carbocycles. The van der Waals surface area contributed by atoms with Gasteiger partial charge in [0.25, 0.3) is 11.8 Å².